The zero-order valence-corrected chi connectivity index (χ0v) is 9.60. The second kappa shape index (κ2) is 3.65. The number of fused-ring (bicyclic) bond motifs is 2. The van der Waals surface area contributed by atoms with Gasteiger partial charge in [-0.3, -0.25) is 4.79 Å². The van der Waals surface area contributed by atoms with Gasteiger partial charge in [-0.2, -0.15) is 0 Å². The van der Waals surface area contributed by atoms with Crippen molar-refractivity contribution in [1.82, 2.24) is 4.90 Å². The molecule has 1 saturated carbocycles. The smallest absolute Gasteiger partial charge is 0.257 e. The number of hydrogen-bond donors (Lipinski definition) is 2. The van der Waals surface area contributed by atoms with Gasteiger partial charge in [0, 0.05) is 12.6 Å². The van der Waals surface area contributed by atoms with Crippen LogP contribution in [-0.2, 0) is 0 Å². The van der Waals surface area contributed by atoms with E-state index in [0.717, 1.165) is 19.4 Å². The van der Waals surface area contributed by atoms with Crippen LogP contribution in [0.4, 0.5) is 5.69 Å². The van der Waals surface area contributed by atoms with Crippen LogP contribution in [0.3, 0.4) is 0 Å². The van der Waals surface area contributed by atoms with Crippen molar-refractivity contribution in [3.63, 3.8) is 0 Å². The van der Waals surface area contributed by atoms with Crippen LogP contribution in [0.5, 0.6) is 5.75 Å². The summed E-state index contributed by atoms with van der Waals surface area (Å²) in [4.78, 5) is 14.2. The first kappa shape index (κ1) is 10.4. The fourth-order valence-corrected chi connectivity index (χ4v) is 3.06. The highest BCUT2D eigenvalue weighted by Crippen LogP contribution is 2.39. The number of phenols is 1. The van der Waals surface area contributed by atoms with Gasteiger partial charge in [0.2, 0.25) is 0 Å². The lowest BCUT2D eigenvalue weighted by molar-refractivity contribution is 0.0700. The van der Waals surface area contributed by atoms with Crippen LogP contribution in [0.25, 0.3) is 0 Å². The highest BCUT2D eigenvalue weighted by Gasteiger charge is 2.40. The zero-order valence-electron chi connectivity index (χ0n) is 9.60. The molecule has 3 N–H and O–H groups in total. The van der Waals surface area contributed by atoms with Crippen LogP contribution < -0.4 is 5.73 Å². The Bertz CT molecular complexity index is 472. The zero-order chi connectivity index (χ0) is 12.0. The van der Waals surface area contributed by atoms with Crippen molar-refractivity contribution >= 4 is 11.6 Å². The van der Waals surface area contributed by atoms with Crippen LogP contribution >= 0.6 is 0 Å². The highest BCUT2D eigenvalue weighted by molar-refractivity contribution is 5.98. The summed E-state index contributed by atoms with van der Waals surface area (Å²) in [5.74, 6) is 0.495. The summed E-state index contributed by atoms with van der Waals surface area (Å²) in [7, 11) is 0. The van der Waals surface area contributed by atoms with E-state index in [2.05, 4.69) is 0 Å². The van der Waals surface area contributed by atoms with Crippen molar-refractivity contribution < 1.29 is 9.90 Å². The lowest BCUT2D eigenvalue weighted by Gasteiger charge is -2.27. The van der Waals surface area contributed by atoms with Crippen molar-refractivity contribution in [1.29, 1.82) is 0 Å². The first-order chi connectivity index (χ1) is 8.16. The van der Waals surface area contributed by atoms with Gasteiger partial charge >= 0.3 is 0 Å². The van der Waals surface area contributed by atoms with E-state index in [1.54, 1.807) is 18.2 Å². The number of benzene rings is 1. The van der Waals surface area contributed by atoms with Gasteiger partial charge in [0.1, 0.15) is 0 Å². The van der Waals surface area contributed by atoms with E-state index < -0.39 is 0 Å². The molecule has 1 amide bonds. The maximum Gasteiger partial charge on any atom is 0.257 e. The number of amides is 1. The first-order valence-corrected chi connectivity index (χ1v) is 6.05. The number of anilines is 1. The summed E-state index contributed by atoms with van der Waals surface area (Å²) in [6.45, 7) is 0.831. The average Bonchev–Trinajstić information content (AvgIpc) is 2.94. The van der Waals surface area contributed by atoms with Gasteiger partial charge in [-0.1, -0.05) is 6.07 Å². The molecule has 0 spiro atoms. The predicted molar refractivity (Wildman–Crippen MR) is 64.7 cm³/mol. The number of phenolic OH excluding ortho intramolecular Hbond substituents is 1. The summed E-state index contributed by atoms with van der Waals surface area (Å²) in [5.41, 5.74) is 6.21. The Kier molecular flexibility index (Phi) is 2.24. The molecule has 2 bridgehead atoms. The molecular weight excluding hydrogens is 216 g/mol. The number of nitrogens with two attached hydrogens (primary N) is 1. The molecule has 1 aliphatic heterocycles. The molecule has 0 aromatic heterocycles. The van der Waals surface area contributed by atoms with Gasteiger partial charge in [0.25, 0.3) is 5.91 Å². The number of nitrogens with zero attached hydrogens (tertiary/aromatic N) is 1. The van der Waals surface area contributed by atoms with E-state index in [1.165, 1.54) is 6.42 Å². The van der Waals surface area contributed by atoms with Crippen LogP contribution in [-0.4, -0.2) is 28.5 Å². The second-order valence-corrected chi connectivity index (χ2v) is 5.03. The molecule has 3 rings (SSSR count). The van der Waals surface area contributed by atoms with E-state index >= 15 is 0 Å². The topological polar surface area (TPSA) is 66.6 Å². The largest absolute Gasteiger partial charge is 0.505 e. The molecule has 17 heavy (non-hydrogen) atoms. The number of piperidine rings is 1. The van der Waals surface area contributed by atoms with E-state index in [4.69, 9.17) is 5.73 Å². The van der Waals surface area contributed by atoms with Crippen molar-refractivity contribution in [2.24, 2.45) is 5.92 Å². The highest BCUT2D eigenvalue weighted by atomic mass is 16.3. The summed E-state index contributed by atoms with van der Waals surface area (Å²) < 4.78 is 0. The van der Waals surface area contributed by atoms with Gasteiger partial charge in [0.05, 0.1) is 11.3 Å². The molecule has 1 heterocycles. The Morgan fingerprint density at radius 3 is 2.88 bits per heavy atom. The first-order valence-electron chi connectivity index (χ1n) is 6.05. The molecule has 4 nitrogen and oxygen atoms in total. The minimum Gasteiger partial charge on any atom is -0.505 e. The second-order valence-electron chi connectivity index (χ2n) is 5.03. The third kappa shape index (κ3) is 1.55. The fraction of sp³-hybridized carbons (Fsp3) is 0.462. The number of rotatable bonds is 1. The van der Waals surface area contributed by atoms with Crippen molar-refractivity contribution in [2.75, 3.05) is 12.3 Å². The van der Waals surface area contributed by atoms with E-state index in [1.807, 2.05) is 4.90 Å². The molecule has 0 radical (unpaired) electrons. The van der Waals surface area contributed by atoms with Crippen molar-refractivity contribution in [2.45, 2.75) is 25.3 Å². The molecule has 1 aromatic rings. The number of hydrogen-bond acceptors (Lipinski definition) is 3. The third-order valence-electron chi connectivity index (χ3n) is 3.97. The maximum atomic E-state index is 12.3. The third-order valence-corrected chi connectivity index (χ3v) is 3.97. The Labute approximate surface area is 100 Å². The molecule has 2 atom stereocenters. The molecule has 4 heteroatoms. The lowest BCUT2D eigenvalue weighted by Crippen LogP contribution is -2.37. The lowest BCUT2D eigenvalue weighted by atomic mass is 10.1. The van der Waals surface area contributed by atoms with Crippen LogP contribution in [0.15, 0.2) is 18.2 Å². The van der Waals surface area contributed by atoms with Crippen molar-refractivity contribution in [3.05, 3.63) is 23.8 Å². The molecular formula is C13H16N2O2. The minimum atomic E-state index is -0.0831. The molecule has 1 saturated heterocycles. The Morgan fingerprint density at radius 2 is 2.24 bits per heavy atom. The number of carbonyl (C=O) groups excluding carboxylic acids is 1. The molecule has 2 fully saturated rings. The van der Waals surface area contributed by atoms with Crippen LogP contribution in [0.1, 0.15) is 29.6 Å². The quantitative estimate of drug-likeness (QED) is 0.571. The van der Waals surface area contributed by atoms with Crippen LogP contribution in [0.2, 0.25) is 0 Å². The Balaban J connectivity index is 1.89. The molecule has 2 unspecified atom stereocenters. The molecule has 2 aliphatic rings. The summed E-state index contributed by atoms with van der Waals surface area (Å²) in [5, 5.41) is 9.83. The van der Waals surface area contributed by atoms with Gasteiger partial charge in [-0.15, -0.1) is 0 Å². The number of carbonyl (C=O) groups is 1. The van der Waals surface area contributed by atoms with E-state index in [0.29, 0.717) is 17.5 Å². The van der Waals surface area contributed by atoms with Gasteiger partial charge < -0.3 is 15.7 Å². The standard InChI is InChI=1S/C13H16N2O2/c14-11-3-1-2-10(12(11)16)13(17)15-7-8-4-5-9(15)6-8/h1-3,8-9,16H,4-7,14H2. The monoisotopic (exact) mass is 232 g/mol. The van der Waals surface area contributed by atoms with E-state index in [9.17, 15) is 9.90 Å². The number of nitrogen functional groups attached to an aromatic ring is 1. The SMILES string of the molecule is Nc1cccc(C(=O)N2CC3CCC2C3)c1O. The van der Waals surface area contributed by atoms with Crippen LogP contribution in [0, 0.1) is 5.92 Å². The summed E-state index contributed by atoms with van der Waals surface area (Å²) in [6.07, 6.45) is 3.45. The maximum absolute atomic E-state index is 12.3. The van der Waals surface area contributed by atoms with Gasteiger partial charge in [-0.25, -0.2) is 0 Å². The average molecular weight is 232 g/mol. The number of aromatic hydroxyl groups is 1. The Hall–Kier alpha value is -1.71. The molecule has 1 aliphatic carbocycles. The minimum absolute atomic E-state index is 0.0815. The van der Waals surface area contributed by atoms with E-state index in [-0.39, 0.29) is 17.3 Å². The normalized spacial score (nSPS) is 26.5. The number of para-hydroxylation sites is 1. The molecule has 1 aromatic carbocycles. The Morgan fingerprint density at radius 1 is 1.41 bits per heavy atom. The number of likely N-dealkylation sites (tertiary alicyclic amines) is 1. The summed E-state index contributed by atoms with van der Waals surface area (Å²) >= 11 is 0. The molecule has 90 valence electrons. The van der Waals surface area contributed by atoms with Gasteiger partial charge in [-0.05, 0) is 37.3 Å². The fourth-order valence-electron chi connectivity index (χ4n) is 3.06. The summed E-state index contributed by atoms with van der Waals surface area (Å²) in [6, 6.07) is 5.31. The predicted octanol–water partition coefficient (Wildman–Crippen LogP) is 1.60. The van der Waals surface area contributed by atoms with Crippen molar-refractivity contribution in [3.8, 4) is 5.75 Å². The van der Waals surface area contributed by atoms with Gasteiger partial charge in [0.15, 0.2) is 5.75 Å².